The number of nitrogen functional groups attached to an aromatic ring is 1. The van der Waals surface area contributed by atoms with Crippen LogP contribution in [0.3, 0.4) is 0 Å². The van der Waals surface area contributed by atoms with Gasteiger partial charge in [0.15, 0.2) is 0 Å². The smallest absolute Gasteiger partial charge is 0.135 e. The molecule has 0 aliphatic heterocycles. The summed E-state index contributed by atoms with van der Waals surface area (Å²) in [6.07, 6.45) is 2.79. The van der Waals surface area contributed by atoms with Gasteiger partial charge in [-0.1, -0.05) is 13.8 Å². The van der Waals surface area contributed by atoms with E-state index in [2.05, 4.69) is 20.4 Å². The molecule has 0 radical (unpaired) electrons. The molecule has 19 heavy (non-hydrogen) atoms. The van der Waals surface area contributed by atoms with Gasteiger partial charge in [-0.2, -0.15) is 5.10 Å². The molecule has 3 N–H and O–H groups in total. The largest absolute Gasteiger partial charge is 0.384 e. The molecular formula is C13H20N6. The number of rotatable bonds is 5. The Kier molecular flexibility index (Phi) is 3.99. The predicted molar refractivity (Wildman–Crippen MR) is 75.9 cm³/mol. The first-order valence-corrected chi connectivity index (χ1v) is 6.41. The Morgan fingerprint density at radius 1 is 1.37 bits per heavy atom. The van der Waals surface area contributed by atoms with Crippen molar-refractivity contribution in [1.29, 1.82) is 0 Å². The summed E-state index contributed by atoms with van der Waals surface area (Å²) in [6.45, 7) is 4.86. The number of aryl methyl sites for hydroxylation is 1. The van der Waals surface area contributed by atoms with Crippen LogP contribution in [0.4, 0.5) is 11.6 Å². The lowest BCUT2D eigenvalue weighted by atomic mass is 10.2. The Bertz CT molecular complexity index is 546. The van der Waals surface area contributed by atoms with E-state index in [1.165, 1.54) is 0 Å². The molecule has 6 nitrogen and oxygen atoms in total. The molecule has 6 heteroatoms. The molecule has 0 amide bonds. The van der Waals surface area contributed by atoms with Crippen molar-refractivity contribution in [3.63, 3.8) is 0 Å². The number of nitrogens with two attached hydrogens (primary N) is 1. The number of anilines is 2. The van der Waals surface area contributed by atoms with E-state index in [-0.39, 0.29) is 5.92 Å². The maximum atomic E-state index is 5.78. The van der Waals surface area contributed by atoms with Gasteiger partial charge in [0.25, 0.3) is 0 Å². The first-order chi connectivity index (χ1) is 9.04. The summed E-state index contributed by atoms with van der Waals surface area (Å²) in [5.74, 6) is 2.30. The van der Waals surface area contributed by atoms with Crippen LogP contribution >= 0.6 is 0 Å². The van der Waals surface area contributed by atoms with E-state index in [0.29, 0.717) is 5.82 Å². The molecule has 2 aromatic heterocycles. The summed E-state index contributed by atoms with van der Waals surface area (Å²) in [6, 6.07) is 3.76. The molecule has 0 aliphatic rings. The minimum atomic E-state index is 0.264. The first kappa shape index (κ1) is 13.3. The highest BCUT2D eigenvalue weighted by molar-refractivity contribution is 5.44. The number of aromatic nitrogens is 4. The summed E-state index contributed by atoms with van der Waals surface area (Å²) >= 11 is 0. The fraction of sp³-hybridized carbons (Fsp3) is 0.462. The van der Waals surface area contributed by atoms with Gasteiger partial charge in [-0.3, -0.25) is 4.68 Å². The van der Waals surface area contributed by atoms with Crippen molar-refractivity contribution in [1.82, 2.24) is 19.7 Å². The van der Waals surface area contributed by atoms with Crippen molar-refractivity contribution in [2.45, 2.75) is 26.2 Å². The third-order valence-corrected chi connectivity index (χ3v) is 2.74. The van der Waals surface area contributed by atoms with E-state index in [4.69, 9.17) is 5.73 Å². The van der Waals surface area contributed by atoms with E-state index in [1.807, 2.05) is 33.2 Å². The van der Waals surface area contributed by atoms with Crippen LogP contribution in [0.25, 0.3) is 0 Å². The molecule has 0 atom stereocenters. The van der Waals surface area contributed by atoms with Gasteiger partial charge < -0.3 is 11.1 Å². The van der Waals surface area contributed by atoms with Crippen LogP contribution in [0.15, 0.2) is 18.3 Å². The summed E-state index contributed by atoms with van der Waals surface area (Å²) in [5, 5.41) is 7.58. The zero-order chi connectivity index (χ0) is 13.8. The van der Waals surface area contributed by atoms with Crippen LogP contribution in [-0.2, 0) is 13.5 Å². The average Bonchev–Trinajstić information content (AvgIpc) is 2.74. The quantitative estimate of drug-likeness (QED) is 0.852. The van der Waals surface area contributed by atoms with Gasteiger partial charge in [0, 0.05) is 38.2 Å². The molecule has 0 saturated carbocycles. The molecule has 0 aliphatic carbocycles. The molecule has 0 bridgehead atoms. The first-order valence-electron chi connectivity index (χ1n) is 6.41. The van der Waals surface area contributed by atoms with E-state index in [9.17, 15) is 0 Å². The minimum absolute atomic E-state index is 0.264. The molecular weight excluding hydrogens is 240 g/mol. The van der Waals surface area contributed by atoms with Gasteiger partial charge in [-0.25, -0.2) is 9.97 Å². The highest BCUT2D eigenvalue weighted by Gasteiger charge is 2.06. The predicted octanol–water partition coefficient (Wildman–Crippen LogP) is 1.57. The number of hydrogen-bond acceptors (Lipinski definition) is 5. The topological polar surface area (TPSA) is 81.6 Å². The van der Waals surface area contributed by atoms with Crippen molar-refractivity contribution in [3.05, 3.63) is 29.8 Å². The Balaban J connectivity index is 1.95. The molecule has 0 aromatic carbocycles. The zero-order valence-electron chi connectivity index (χ0n) is 11.6. The van der Waals surface area contributed by atoms with Crippen molar-refractivity contribution in [2.24, 2.45) is 7.05 Å². The average molecular weight is 260 g/mol. The summed E-state index contributed by atoms with van der Waals surface area (Å²) in [5.41, 5.74) is 6.83. The fourth-order valence-corrected chi connectivity index (χ4v) is 1.75. The molecule has 102 valence electrons. The second-order valence-corrected chi connectivity index (χ2v) is 4.85. The lowest BCUT2D eigenvalue weighted by Crippen LogP contribution is -2.10. The van der Waals surface area contributed by atoms with Crippen LogP contribution in [0.2, 0.25) is 0 Å². The van der Waals surface area contributed by atoms with Gasteiger partial charge in [0.1, 0.15) is 17.5 Å². The van der Waals surface area contributed by atoms with Crippen LogP contribution in [0.5, 0.6) is 0 Å². The van der Waals surface area contributed by atoms with E-state index >= 15 is 0 Å². The minimum Gasteiger partial charge on any atom is -0.384 e. The summed E-state index contributed by atoms with van der Waals surface area (Å²) in [7, 11) is 1.91. The number of nitrogens with zero attached hydrogens (tertiary/aromatic N) is 4. The van der Waals surface area contributed by atoms with Crippen molar-refractivity contribution < 1.29 is 0 Å². The maximum Gasteiger partial charge on any atom is 0.135 e. The highest BCUT2D eigenvalue weighted by atomic mass is 15.2. The normalized spacial score (nSPS) is 10.9. The van der Waals surface area contributed by atoms with Crippen LogP contribution < -0.4 is 11.1 Å². The van der Waals surface area contributed by atoms with Crippen molar-refractivity contribution in [3.8, 4) is 0 Å². The van der Waals surface area contributed by atoms with Crippen LogP contribution in [-0.4, -0.2) is 26.3 Å². The third kappa shape index (κ3) is 3.67. The Hall–Kier alpha value is -2.11. The molecule has 0 unspecified atom stereocenters. The Morgan fingerprint density at radius 3 is 2.79 bits per heavy atom. The van der Waals surface area contributed by atoms with Gasteiger partial charge in [-0.05, 0) is 6.07 Å². The van der Waals surface area contributed by atoms with Gasteiger partial charge in [-0.15, -0.1) is 0 Å². The Morgan fingerprint density at radius 2 is 2.16 bits per heavy atom. The third-order valence-electron chi connectivity index (χ3n) is 2.74. The lowest BCUT2D eigenvalue weighted by Gasteiger charge is -2.09. The van der Waals surface area contributed by atoms with E-state index in [0.717, 1.165) is 30.3 Å². The molecule has 2 rings (SSSR count). The monoisotopic (exact) mass is 260 g/mol. The highest BCUT2D eigenvalue weighted by Crippen LogP contribution is 2.14. The number of nitrogens with one attached hydrogen (secondary N) is 1. The van der Waals surface area contributed by atoms with Gasteiger partial charge in [0.2, 0.25) is 0 Å². The fourth-order valence-electron chi connectivity index (χ4n) is 1.75. The van der Waals surface area contributed by atoms with E-state index in [1.54, 1.807) is 10.7 Å². The maximum absolute atomic E-state index is 5.78. The standard InChI is InChI=1S/C13H20N6/c1-9(2)13-16-11(14)8-12(17-13)15-6-4-10-5-7-19(3)18-10/h5,7-9H,4,6H2,1-3H3,(H3,14,15,16,17). The summed E-state index contributed by atoms with van der Waals surface area (Å²) in [4.78, 5) is 8.66. The second-order valence-electron chi connectivity index (χ2n) is 4.85. The lowest BCUT2D eigenvalue weighted by molar-refractivity contribution is 0.741. The number of hydrogen-bond donors (Lipinski definition) is 2. The van der Waals surface area contributed by atoms with Gasteiger partial charge in [0.05, 0.1) is 5.69 Å². The zero-order valence-corrected chi connectivity index (χ0v) is 11.6. The Labute approximate surface area is 113 Å². The van der Waals surface area contributed by atoms with Crippen molar-refractivity contribution >= 4 is 11.6 Å². The van der Waals surface area contributed by atoms with Crippen LogP contribution in [0.1, 0.15) is 31.3 Å². The molecule has 0 spiro atoms. The van der Waals surface area contributed by atoms with Crippen LogP contribution in [0, 0.1) is 0 Å². The summed E-state index contributed by atoms with van der Waals surface area (Å²) < 4.78 is 1.80. The second kappa shape index (κ2) is 5.69. The SMILES string of the molecule is CC(C)c1nc(N)cc(NCCc2ccn(C)n2)n1. The molecule has 2 aromatic rings. The molecule has 2 heterocycles. The molecule has 0 saturated heterocycles. The van der Waals surface area contributed by atoms with E-state index < -0.39 is 0 Å². The molecule has 0 fully saturated rings. The van der Waals surface area contributed by atoms with Gasteiger partial charge >= 0.3 is 0 Å². The van der Waals surface area contributed by atoms with Crippen molar-refractivity contribution in [2.75, 3.05) is 17.6 Å².